The van der Waals surface area contributed by atoms with Crippen LogP contribution in [0.3, 0.4) is 0 Å². The van der Waals surface area contributed by atoms with E-state index in [9.17, 15) is 29.7 Å². The Labute approximate surface area is 355 Å². The first-order valence-corrected chi connectivity index (χ1v) is 22.4. The van der Waals surface area contributed by atoms with Crippen LogP contribution in [0.2, 0.25) is 0 Å². The number of carbonyl (C=O) groups is 3. The molecule has 0 radical (unpaired) electrons. The van der Waals surface area contributed by atoms with Gasteiger partial charge in [0.2, 0.25) is 0 Å². The molecular weight excluding hydrogens is 795 g/mol. The minimum Gasteiger partial charge on any atom is -0.550 e. The molecule has 0 aliphatic carbocycles. The summed E-state index contributed by atoms with van der Waals surface area (Å²) < 4.78 is 0. The van der Waals surface area contributed by atoms with Gasteiger partial charge in [0.15, 0.2) is 0 Å². The maximum atomic E-state index is 10.2. The molecule has 0 aromatic carbocycles. The van der Waals surface area contributed by atoms with Crippen molar-refractivity contribution in [2.75, 3.05) is 0 Å². The summed E-state index contributed by atoms with van der Waals surface area (Å²) in [5.41, 5.74) is 0. The maximum Gasteiger partial charge on any atom is 3.00 e. The molecule has 0 aromatic heterocycles. The van der Waals surface area contributed by atoms with Crippen LogP contribution in [0.4, 0.5) is 0 Å². The number of carbonyl (C=O) groups excluding carboxylic acids is 3. The number of carboxylic acids is 3. The van der Waals surface area contributed by atoms with Gasteiger partial charge in [-0.05, 0) is 38.5 Å². The van der Waals surface area contributed by atoms with E-state index in [1.165, 1.54) is 193 Å². The van der Waals surface area contributed by atoms with Crippen molar-refractivity contribution in [1.29, 1.82) is 0 Å². The van der Waals surface area contributed by atoms with Crippen molar-refractivity contribution < 1.29 is 68.3 Å². The second-order valence-corrected chi connectivity index (χ2v) is 15.0. The maximum absolute atomic E-state index is 10.2. The van der Waals surface area contributed by atoms with Crippen molar-refractivity contribution in [3.8, 4) is 0 Å². The van der Waals surface area contributed by atoms with Gasteiger partial charge in [-0.15, -0.1) is 0 Å². The van der Waals surface area contributed by atoms with E-state index in [1.807, 2.05) is 0 Å². The number of rotatable bonds is 39. The van der Waals surface area contributed by atoms with Gasteiger partial charge >= 0.3 is 38.6 Å². The van der Waals surface area contributed by atoms with Crippen LogP contribution in [-0.4, -0.2) is 17.9 Å². The molecule has 0 fully saturated rings. The Balaban J connectivity index is -0.000000329. The molecule has 0 saturated heterocycles. The third-order valence-electron chi connectivity index (χ3n) is 9.70. The molecule has 52 heavy (non-hydrogen) atoms. The number of unbranched alkanes of at least 4 members (excludes halogenated alkanes) is 33. The minimum absolute atomic E-state index is 0. The van der Waals surface area contributed by atoms with Crippen LogP contribution < -0.4 is 15.3 Å². The van der Waals surface area contributed by atoms with Crippen LogP contribution in [-0.2, 0) is 14.4 Å². The van der Waals surface area contributed by atoms with Gasteiger partial charge in [-0.1, -0.05) is 233 Å². The van der Waals surface area contributed by atoms with E-state index < -0.39 is 17.9 Å². The summed E-state index contributed by atoms with van der Waals surface area (Å²) in [6, 6.07) is 0. The SMILES string of the molecule is CCCCCCCCCCCCCCC(=O)[O-].CCCCCCCCCCCCCCC(=O)[O-].CCCCCCCCCCCCCCC(=O)[O-].[Tb+3]. The van der Waals surface area contributed by atoms with Crippen LogP contribution >= 0.6 is 0 Å². The Morgan fingerprint density at radius 1 is 0.250 bits per heavy atom. The summed E-state index contributed by atoms with van der Waals surface area (Å²) in [6.45, 7) is 6.75. The van der Waals surface area contributed by atoms with Gasteiger partial charge in [0.25, 0.3) is 0 Å². The molecule has 0 spiro atoms. The molecule has 0 heterocycles. The van der Waals surface area contributed by atoms with Gasteiger partial charge in [0, 0.05) is 17.9 Å². The first-order valence-electron chi connectivity index (χ1n) is 22.4. The minimum atomic E-state index is -0.905. The Kier molecular flexibility index (Phi) is 61.8. The summed E-state index contributed by atoms with van der Waals surface area (Å²) in [6.07, 6.45) is 46.4. The summed E-state index contributed by atoms with van der Waals surface area (Å²) >= 11 is 0. The molecule has 0 atom stereocenters. The van der Waals surface area contributed by atoms with E-state index in [1.54, 1.807) is 0 Å². The second-order valence-electron chi connectivity index (χ2n) is 15.0. The zero-order valence-corrected chi connectivity index (χ0v) is 37.0. The Morgan fingerprint density at radius 2 is 0.365 bits per heavy atom. The topological polar surface area (TPSA) is 120 Å². The normalized spacial score (nSPS) is 10.4. The third kappa shape index (κ3) is 67.8. The van der Waals surface area contributed by atoms with Crippen molar-refractivity contribution in [1.82, 2.24) is 0 Å². The molecule has 6 nitrogen and oxygen atoms in total. The monoisotopic (exact) mass is 883 g/mol. The fourth-order valence-electron chi connectivity index (χ4n) is 6.33. The van der Waals surface area contributed by atoms with Gasteiger partial charge in [-0.2, -0.15) is 0 Å². The number of carboxylic acid groups (broad SMARTS) is 3. The van der Waals surface area contributed by atoms with E-state index in [0.717, 1.165) is 38.5 Å². The molecule has 312 valence electrons. The molecule has 0 aliphatic rings. The van der Waals surface area contributed by atoms with Gasteiger partial charge in [0.05, 0.1) is 0 Å². The average Bonchev–Trinajstić information content (AvgIpc) is 3.10. The summed E-state index contributed by atoms with van der Waals surface area (Å²) in [5.74, 6) is -2.72. The Hall–Kier alpha value is -0.304. The molecule has 0 saturated carbocycles. The molecule has 0 aliphatic heterocycles. The Morgan fingerprint density at radius 3 is 0.481 bits per heavy atom. The van der Waals surface area contributed by atoms with Crippen LogP contribution in [0.25, 0.3) is 0 Å². The van der Waals surface area contributed by atoms with E-state index >= 15 is 0 Å². The molecule has 0 unspecified atom stereocenters. The molecule has 0 rings (SSSR count). The molecule has 7 heteroatoms. The molecular formula is C45H87O6Tb. The molecule has 0 N–H and O–H groups in total. The van der Waals surface area contributed by atoms with Crippen molar-refractivity contribution in [3.05, 3.63) is 0 Å². The smallest absolute Gasteiger partial charge is 0.550 e. The summed E-state index contributed by atoms with van der Waals surface area (Å²) in [4.78, 5) is 30.5. The summed E-state index contributed by atoms with van der Waals surface area (Å²) in [5, 5.41) is 30.5. The van der Waals surface area contributed by atoms with Crippen LogP contribution in [0.5, 0.6) is 0 Å². The predicted molar refractivity (Wildman–Crippen MR) is 212 cm³/mol. The Bertz CT molecular complexity index is 596. The number of hydrogen-bond acceptors (Lipinski definition) is 6. The molecule has 0 amide bonds. The molecule has 0 bridgehead atoms. The van der Waals surface area contributed by atoms with Crippen molar-refractivity contribution in [2.24, 2.45) is 0 Å². The first-order chi connectivity index (χ1) is 24.8. The van der Waals surface area contributed by atoms with Crippen molar-refractivity contribution in [3.63, 3.8) is 0 Å². The fraction of sp³-hybridized carbons (Fsp3) is 0.933. The number of aliphatic carboxylic acids is 3. The van der Waals surface area contributed by atoms with E-state index in [4.69, 9.17) is 0 Å². The summed E-state index contributed by atoms with van der Waals surface area (Å²) in [7, 11) is 0. The zero-order chi connectivity index (χ0) is 38.3. The average molecular weight is 883 g/mol. The van der Waals surface area contributed by atoms with Gasteiger partial charge < -0.3 is 29.7 Å². The van der Waals surface area contributed by atoms with Crippen LogP contribution in [0, 0.1) is 38.6 Å². The zero-order valence-electron chi connectivity index (χ0n) is 34.9. The third-order valence-corrected chi connectivity index (χ3v) is 9.70. The quantitative estimate of drug-likeness (QED) is 0.0567. The first kappa shape index (κ1) is 58.4. The second kappa shape index (κ2) is 55.0. The van der Waals surface area contributed by atoms with Crippen LogP contribution in [0.15, 0.2) is 0 Å². The van der Waals surface area contributed by atoms with Crippen LogP contribution in [0.1, 0.15) is 271 Å². The predicted octanol–water partition coefficient (Wildman–Crippen LogP) is 11.5. The van der Waals surface area contributed by atoms with Gasteiger partial charge in [-0.25, -0.2) is 0 Å². The number of hydrogen-bond donors (Lipinski definition) is 0. The van der Waals surface area contributed by atoms with Gasteiger partial charge in [0.1, 0.15) is 0 Å². The standard InChI is InChI=1S/3C15H30O2.Tb/c3*1-2-3-4-5-6-7-8-9-10-11-12-13-14-15(16)17;/h3*2-14H2,1H3,(H,16,17);/q;;;+3/p-3. The van der Waals surface area contributed by atoms with Crippen molar-refractivity contribution >= 4 is 17.9 Å². The fourth-order valence-corrected chi connectivity index (χ4v) is 6.33. The largest absolute Gasteiger partial charge is 3.00 e. The van der Waals surface area contributed by atoms with Crippen molar-refractivity contribution in [2.45, 2.75) is 271 Å². The molecule has 0 aromatic rings. The van der Waals surface area contributed by atoms with E-state index in [0.29, 0.717) is 0 Å². The van der Waals surface area contributed by atoms with Gasteiger partial charge in [-0.3, -0.25) is 0 Å². The van der Waals surface area contributed by atoms with E-state index in [2.05, 4.69) is 20.8 Å². The van der Waals surface area contributed by atoms with E-state index in [-0.39, 0.29) is 57.9 Å².